The number of pyridine rings is 1. The van der Waals surface area contributed by atoms with E-state index >= 15 is 0 Å². The molecule has 5 heteroatoms. The Morgan fingerprint density at radius 1 is 1.38 bits per heavy atom. The van der Waals surface area contributed by atoms with Crippen LogP contribution in [0.5, 0.6) is 0 Å². The number of aryl methyl sites for hydroxylation is 1. The number of anilines is 1. The monoisotopic (exact) mass is 291 g/mol. The lowest BCUT2D eigenvalue weighted by Gasteiger charge is -2.26. The highest BCUT2D eigenvalue weighted by Crippen LogP contribution is 2.26. The summed E-state index contributed by atoms with van der Waals surface area (Å²) in [5, 5.41) is 0. The van der Waals surface area contributed by atoms with Gasteiger partial charge in [0.25, 0.3) is 0 Å². The van der Waals surface area contributed by atoms with Crippen molar-refractivity contribution in [2.24, 2.45) is 0 Å². The number of methoxy groups -OCH3 is 1. The fourth-order valence-electron chi connectivity index (χ4n) is 3.16. The summed E-state index contributed by atoms with van der Waals surface area (Å²) in [6.07, 6.45) is 1.15. The van der Waals surface area contributed by atoms with Gasteiger partial charge in [-0.1, -0.05) is 6.07 Å². The molecule has 5 nitrogen and oxygen atoms in total. The van der Waals surface area contributed by atoms with Crippen molar-refractivity contribution in [2.45, 2.75) is 25.9 Å². The predicted octanol–water partition coefficient (Wildman–Crippen LogP) is 1.45. The molecule has 3 heterocycles. The Hall–Kier alpha value is -1.17. The zero-order valence-electron chi connectivity index (χ0n) is 13.0. The number of fused-ring (bicyclic) bond motifs is 1. The van der Waals surface area contributed by atoms with E-state index in [4.69, 9.17) is 14.5 Å². The molecule has 0 aromatic carbocycles. The lowest BCUT2D eigenvalue weighted by molar-refractivity contribution is 0.142. The van der Waals surface area contributed by atoms with Crippen molar-refractivity contribution in [3.05, 3.63) is 23.4 Å². The molecular formula is C16H25N3O2. The van der Waals surface area contributed by atoms with Gasteiger partial charge in [0, 0.05) is 57.2 Å². The van der Waals surface area contributed by atoms with Crippen molar-refractivity contribution in [3.63, 3.8) is 0 Å². The minimum absolute atomic E-state index is 0.557. The maximum atomic E-state index is 5.56. The van der Waals surface area contributed by atoms with Gasteiger partial charge in [-0.3, -0.25) is 4.90 Å². The summed E-state index contributed by atoms with van der Waals surface area (Å²) >= 11 is 0. The van der Waals surface area contributed by atoms with E-state index in [0.29, 0.717) is 6.04 Å². The fourth-order valence-corrected chi connectivity index (χ4v) is 3.16. The first-order chi connectivity index (χ1) is 10.3. The van der Waals surface area contributed by atoms with Gasteiger partial charge in [-0.25, -0.2) is 4.98 Å². The van der Waals surface area contributed by atoms with Crippen LogP contribution < -0.4 is 4.90 Å². The molecule has 0 bridgehead atoms. The zero-order chi connectivity index (χ0) is 14.7. The molecular weight excluding hydrogens is 266 g/mol. The van der Waals surface area contributed by atoms with Crippen LogP contribution in [-0.4, -0.2) is 62.5 Å². The van der Waals surface area contributed by atoms with E-state index in [1.807, 2.05) is 0 Å². The van der Waals surface area contributed by atoms with Crippen LogP contribution in [0.15, 0.2) is 12.1 Å². The summed E-state index contributed by atoms with van der Waals surface area (Å²) in [5.74, 6) is 1.13. The van der Waals surface area contributed by atoms with Crippen molar-refractivity contribution in [1.82, 2.24) is 9.88 Å². The third-order valence-corrected chi connectivity index (χ3v) is 4.41. The summed E-state index contributed by atoms with van der Waals surface area (Å²) in [7, 11) is 1.75. The molecule has 2 aliphatic rings. The minimum atomic E-state index is 0.557. The second-order valence-corrected chi connectivity index (χ2v) is 5.90. The van der Waals surface area contributed by atoms with Crippen molar-refractivity contribution in [2.75, 3.05) is 51.5 Å². The molecule has 0 saturated carbocycles. The Labute approximate surface area is 126 Å². The van der Waals surface area contributed by atoms with E-state index in [1.54, 1.807) is 7.11 Å². The van der Waals surface area contributed by atoms with Gasteiger partial charge < -0.3 is 14.4 Å². The van der Waals surface area contributed by atoms with Gasteiger partial charge in [-0.2, -0.15) is 0 Å². The number of aromatic nitrogens is 1. The first-order valence-electron chi connectivity index (χ1n) is 7.80. The average molecular weight is 291 g/mol. The van der Waals surface area contributed by atoms with Gasteiger partial charge in [0.05, 0.1) is 13.2 Å². The maximum Gasteiger partial charge on any atom is 0.133 e. The SMILES string of the molecule is COCCN1CCN(C2CCOC2)Cc2ccc(C)nc21. The van der Waals surface area contributed by atoms with Crippen molar-refractivity contribution in [3.8, 4) is 0 Å². The van der Waals surface area contributed by atoms with Gasteiger partial charge in [-0.05, 0) is 19.4 Å². The van der Waals surface area contributed by atoms with Crippen LogP contribution in [0.4, 0.5) is 5.82 Å². The van der Waals surface area contributed by atoms with E-state index < -0.39 is 0 Å². The normalized spacial score (nSPS) is 23.1. The smallest absolute Gasteiger partial charge is 0.133 e. The first-order valence-corrected chi connectivity index (χ1v) is 7.80. The molecule has 3 rings (SSSR count). The van der Waals surface area contributed by atoms with E-state index in [2.05, 4.69) is 28.9 Å². The number of hydrogen-bond acceptors (Lipinski definition) is 5. The molecule has 0 radical (unpaired) electrons. The van der Waals surface area contributed by atoms with Gasteiger partial charge in [0.15, 0.2) is 0 Å². The summed E-state index contributed by atoms with van der Waals surface area (Å²) in [5.41, 5.74) is 2.40. The third kappa shape index (κ3) is 3.36. The number of hydrogen-bond donors (Lipinski definition) is 0. The molecule has 1 unspecified atom stereocenters. The van der Waals surface area contributed by atoms with Crippen LogP contribution in [-0.2, 0) is 16.0 Å². The molecule has 0 amide bonds. The third-order valence-electron chi connectivity index (χ3n) is 4.41. The van der Waals surface area contributed by atoms with E-state index in [1.165, 1.54) is 5.56 Å². The molecule has 0 aliphatic carbocycles. The van der Waals surface area contributed by atoms with Crippen LogP contribution in [0.2, 0.25) is 0 Å². The van der Waals surface area contributed by atoms with E-state index in [-0.39, 0.29) is 0 Å². The maximum absolute atomic E-state index is 5.56. The second kappa shape index (κ2) is 6.73. The summed E-state index contributed by atoms with van der Waals surface area (Å²) < 4.78 is 10.8. The van der Waals surface area contributed by atoms with Crippen LogP contribution >= 0.6 is 0 Å². The Bertz CT molecular complexity index is 475. The number of ether oxygens (including phenoxy) is 2. The van der Waals surface area contributed by atoms with Crippen molar-refractivity contribution >= 4 is 5.82 Å². The predicted molar refractivity (Wildman–Crippen MR) is 82.7 cm³/mol. The molecule has 0 spiro atoms. The Balaban J connectivity index is 1.82. The highest BCUT2D eigenvalue weighted by Gasteiger charge is 2.28. The number of rotatable bonds is 4. The molecule has 2 aliphatic heterocycles. The largest absolute Gasteiger partial charge is 0.383 e. The van der Waals surface area contributed by atoms with Crippen LogP contribution in [0, 0.1) is 6.92 Å². The van der Waals surface area contributed by atoms with Crippen LogP contribution in [0.1, 0.15) is 17.7 Å². The van der Waals surface area contributed by atoms with Gasteiger partial charge in [-0.15, -0.1) is 0 Å². The zero-order valence-corrected chi connectivity index (χ0v) is 13.0. The first kappa shape index (κ1) is 14.8. The van der Waals surface area contributed by atoms with E-state index in [0.717, 1.165) is 63.9 Å². The topological polar surface area (TPSA) is 37.8 Å². The molecule has 1 saturated heterocycles. The van der Waals surface area contributed by atoms with Crippen molar-refractivity contribution < 1.29 is 9.47 Å². The van der Waals surface area contributed by atoms with Gasteiger partial charge >= 0.3 is 0 Å². The lowest BCUT2D eigenvalue weighted by Crippen LogP contribution is -2.39. The minimum Gasteiger partial charge on any atom is -0.383 e. The molecule has 21 heavy (non-hydrogen) atoms. The van der Waals surface area contributed by atoms with Crippen LogP contribution in [0.3, 0.4) is 0 Å². The van der Waals surface area contributed by atoms with E-state index in [9.17, 15) is 0 Å². The average Bonchev–Trinajstić information content (AvgIpc) is 2.96. The Kier molecular flexibility index (Phi) is 4.73. The molecule has 1 aromatic heterocycles. The van der Waals surface area contributed by atoms with Crippen molar-refractivity contribution in [1.29, 1.82) is 0 Å². The quantitative estimate of drug-likeness (QED) is 0.839. The molecule has 1 atom stereocenters. The van der Waals surface area contributed by atoms with Gasteiger partial charge in [0.2, 0.25) is 0 Å². The highest BCUT2D eigenvalue weighted by molar-refractivity contribution is 5.48. The molecule has 116 valence electrons. The fraction of sp³-hybridized carbons (Fsp3) is 0.688. The summed E-state index contributed by atoms with van der Waals surface area (Å²) in [6, 6.07) is 4.90. The Morgan fingerprint density at radius 3 is 3.05 bits per heavy atom. The number of nitrogens with zero attached hydrogens (tertiary/aromatic N) is 3. The van der Waals surface area contributed by atoms with Crippen LogP contribution in [0.25, 0.3) is 0 Å². The lowest BCUT2D eigenvalue weighted by atomic mass is 10.1. The highest BCUT2D eigenvalue weighted by atomic mass is 16.5. The summed E-state index contributed by atoms with van der Waals surface area (Å²) in [4.78, 5) is 9.70. The molecule has 0 N–H and O–H groups in total. The summed E-state index contributed by atoms with van der Waals surface area (Å²) in [6.45, 7) is 8.50. The Morgan fingerprint density at radius 2 is 2.29 bits per heavy atom. The molecule has 1 aromatic rings. The second-order valence-electron chi connectivity index (χ2n) is 5.90. The van der Waals surface area contributed by atoms with Gasteiger partial charge in [0.1, 0.15) is 5.82 Å². The standard InChI is InChI=1S/C16H25N3O2/c1-13-3-4-14-11-19(15-5-9-21-12-15)7-6-18(8-10-20-2)16(14)17-13/h3-4,15H,5-12H2,1-2H3. The molecule has 1 fully saturated rings.